The van der Waals surface area contributed by atoms with E-state index in [2.05, 4.69) is 16.8 Å². The van der Waals surface area contributed by atoms with Gasteiger partial charge in [-0.3, -0.25) is 9.69 Å². The van der Waals surface area contributed by atoms with Gasteiger partial charge in [-0.25, -0.2) is 4.79 Å². The van der Waals surface area contributed by atoms with Crippen LogP contribution in [0.5, 0.6) is 0 Å². The second-order valence-corrected chi connectivity index (χ2v) is 9.24. The van der Waals surface area contributed by atoms with Crippen LogP contribution in [0, 0.1) is 0 Å². The Bertz CT molecular complexity index is 728. The second kappa shape index (κ2) is 6.03. The van der Waals surface area contributed by atoms with Gasteiger partial charge in [0.15, 0.2) is 0 Å². The molecule has 0 spiro atoms. The average Bonchev–Trinajstić information content (AvgIpc) is 2.50. The molecular formula is C14H17N3O3S3. The van der Waals surface area contributed by atoms with Gasteiger partial charge in [0, 0.05) is 37.5 Å². The largest absolute Gasteiger partial charge is 0.477 e. The first-order valence-corrected chi connectivity index (χ1v) is 10.3. The molecule has 23 heavy (non-hydrogen) atoms. The zero-order valence-corrected chi connectivity index (χ0v) is 15.1. The molecule has 0 bridgehead atoms. The van der Waals surface area contributed by atoms with Crippen molar-refractivity contribution in [3.63, 3.8) is 0 Å². The highest BCUT2D eigenvalue weighted by atomic mass is 32.2. The first kappa shape index (κ1) is 15.9. The second-order valence-electron chi connectivity index (χ2n) is 5.87. The highest BCUT2D eigenvalue weighted by Gasteiger charge is 2.36. The number of carboxylic acids is 1. The Morgan fingerprint density at radius 1 is 1.22 bits per heavy atom. The minimum absolute atomic E-state index is 0.0424. The van der Waals surface area contributed by atoms with Crippen molar-refractivity contribution in [1.29, 1.82) is 0 Å². The van der Waals surface area contributed by atoms with E-state index >= 15 is 0 Å². The molecule has 3 aliphatic heterocycles. The Kier molecular flexibility index (Phi) is 4.17. The SMILES string of the molecule is CN1CCN(C2SCc3c(n4c(c(C(=O)O)c3=O)SC4)S2)CC1. The summed E-state index contributed by atoms with van der Waals surface area (Å²) in [4.78, 5) is 28.7. The molecule has 0 amide bonds. The zero-order chi connectivity index (χ0) is 16.1. The number of aromatic carboxylic acids is 1. The number of nitrogens with zero attached hydrogens (tertiary/aromatic N) is 3. The van der Waals surface area contributed by atoms with Crippen LogP contribution in [-0.2, 0) is 11.6 Å². The number of aromatic nitrogens is 1. The van der Waals surface area contributed by atoms with Crippen LogP contribution in [0.3, 0.4) is 0 Å². The van der Waals surface area contributed by atoms with Gasteiger partial charge < -0.3 is 14.6 Å². The molecule has 1 fully saturated rings. The topological polar surface area (TPSA) is 65.8 Å². The number of hydrogen-bond acceptors (Lipinski definition) is 7. The molecule has 3 aliphatic rings. The lowest BCUT2D eigenvalue weighted by atomic mass is 10.2. The maximum Gasteiger partial charge on any atom is 0.342 e. The van der Waals surface area contributed by atoms with Gasteiger partial charge in [0.2, 0.25) is 5.43 Å². The number of likely N-dealkylation sites (N-methyl/N-ethyl adjacent to an activating group) is 1. The quantitative estimate of drug-likeness (QED) is 0.839. The van der Waals surface area contributed by atoms with E-state index in [1.54, 1.807) is 23.5 Å². The number of carboxylic acid groups (broad SMARTS) is 1. The maximum absolute atomic E-state index is 12.5. The summed E-state index contributed by atoms with van der Waals surface area (Å²) in [5.74, 6) is 0.235. The van der Waals surface area contributed by atoms with Crippen molar-refractivity contribution < 1.29 is 9.90 Å². The third kappa shape index (κ3) is 2.62. The summed E-state index contributed by atoms with van der Waals surface area (Å²) in [6.45, 7) is 4.21. The van der Waals surface area contributed by atoms with E-state index in [1.165, 1.54) is 11.8 Å². The van der Waals surface area contributed by atoms with E-state index in [-0.39, 0.29) is 11.0 Å². The summed E-state index contributed by atoms with van der Waals surface area (Å²) >= 11 is 4.91. The standard InChI is InChI=1S/C14H17N3O3S3/c1-15-2-4-16(5-3-15)14-21-6-8-10(18)9(13(19)20)12-17(7-22-12)11(8)23-14/h14H,2-7H2,1H3,(H,19,20). The molecule has 1 aromatic heterocycles. The molecule has 6 nitrogen and oxygen atoms in total. The highest BCUT2D eigenvalue weighted by Crippen LogP contribution is 2.47. The van der Waals surface area contributed by atoms with Gasteiger partial charge in [0.1, 0.15) is 10.3 Å². The van der Waals surface area contributed by atoms with E-state index in [0.29, 0.717) is 21.0 Å². The third-order valence-electron chi connectivity index (χ3n) is 4.43. The maximum atomic E-state index is 12.5. The summed E-state index contributed by atoms with van der Waals surface area (Å²) in [5, 5.41) is 10.9. The van der Waals surface area contributed by atoms with Gasteiger partial charge in [-0.1, -0.05) is 23.5 Å². The first-order chi connectivity index (χ1) is 11.1. The van der Waals surface area contributed by atoms with Crippen molar-refractivity contribution in [2.24, 2.45) is 0 Å². The fraction of sp³-hybridized carbons (Fsp3) is 0.571. The van der Waals surface area contributed by atoms with Crippen LogP contribution in [0.4, 0.5) is 0 Å². The Labute approximate surface area is 146 Å². The number of hydrogen-bond donors (Lipinski definition) is 1. The van der Waals surface area contributed by atoms with E-state index in [9.17, 15) is 14.7 Å². The van der Waals surface area contributed by atoms with E-state index in [1.807, 2.05) is 4.57 Å². The van der Waals surface area contributed by atoms with Crippen molar-refractivity contribution in [3.05, 3.63) is 21.4 Å². The van der Waals surface area contributed by atoms with Crippen LogP contribution in [0.25, 0.3) is 0 Å². The summed E-state index contributed by atoms with van der Waals surface area (Å²) in [5.41, 5.74) is 0.342. The number of fused-ring (bicyclic) bond motifs is 3. The van der Waals surface area contributed by atoms with Crippen LogP contribution in [-0.4, -0.2) is 63.4 Å². The normalized spacial score (nSPS) is 24.7. The van der Waals surface area contributed by atoms with Crippen LogP contribution in [0.2, 0.25) is 0 Å². The summed E-state index contributed by atoms with van der Waals surface area (Å²) < 4.78 is 2.33. The van der Waals surface area contributed by atoms with Crippen molar-refractivity contribution in [1.82, 2.24) is 14.4 Å². The Morgan fingerprint density at radius 2 is 1.96 bits per heavy atom. The Hall–Kier alpha value is -0.610. The number of pyridine rings is 1. The highest BCUT2D eigenvalue weighted by molar-refractivity contribution is 8.17. The molecule has 4 rings (SSSR count). The molecule has 0 saturated carbocycles. The molecule has 1 unspecified atom stereocenters. The van der Waals surface area contributed by atoms with Crippen LogP contribution >= 0.6 is 35.3 Å². The lowest BCUT2D eigenvalue weighted by molar-refractivity contribution is 0.0688. The van der Waals surface area contributed by atoms with Gasteiger partial charge in [0.05, 0.1) is 15.9 Å². The van der Waals surface area contributed by atoms with Crippen molar-refractivity contribution in [3.8, 4) is 0 Å². The molecule has 1 aromatic rings. The molecule has 0 radical (unpaired) electrons. The molecule has 9 heteroatoms. The Morgan fingerprint density at radius 3 is 2.57 bits per heavy atom. The lowest BCUT2D eigenvalue weighted by Gasteiger charge is -2.40. The molecule has 1 N–H and O–H groups in total. The van der Waals surface area contributed by atoms with Gasteiger partial charge in [-0.2, -0.15) is 0 Å². The van der Waals surface area contributed by atoms with E-state index in [4.69, 9.17) is 0 Å². The molecule has 124 valence electrons. The molecule has 1 saturated heterocycles. The number of piperazine rings is 1. The number of rotatable bonds is 2. The lowest BCUT2D eigenvalue weighted by Crippen LogP contribution is -2.48. The summed E-state index contributed by atoms with van der Waals surface area (Å²) in [6.07, 6.45) is 0. The van der Waals surface area contributed by atoms with Gasteiger partial charge in [0.25, 0.3) is 0 Å². The van der Waals surface area contributed by atoms with E-state index < -0.39 is 5.97 Å². The van der Waals surface area contributed by atoms with Crippen LogP contribution < -0.4 is 5.43 Å². The zero-order valence-electron chi connectivity index (χ0n) is 12.7. The predicted molar refractivity (Wildman–Crippen MR) is 93.5 cm³/mol. The Balaban J connectivity index is 1.66. The minimum Gasteiger partial charge on any atom is -0.477 e. The van der Waals surface area contributed by atoms with E-state index in [0.717, 1.165) is 37.1 Å². The van der Waals surface area contributed by atoms with Gasteiger partial charge in [-0.05, 0) is 7.05 Å². The number of thioether (sulfide) groups is 3. The first-order valence-electron chi connectivity index (χ1n) is 7.43. The van der Waals surface area contributed by atoms with Gasteiger partial charge in [-0.15, -0.1) is 11.8 Å². The number of carbonyl (C=O) groups is 1. The average molecular weight is 372 g/mol. The molecule has 0 aromatic carbocycles. The fourth-order valence-corrected chi connectivity index (χ4v) is 7.06. The molecule has 1 atom stereocenters. The smallest absolute Gasteiger partial charge is 0.342 e. The van der Waals surface area contributed by atoms with Crippen LogP contribution in [0.15, 0.2) is 14.8 Å². The predicted octanol–water partition coefficient (Wildman–Crippen LogP) is 1.48. The van der Waals surface area contributed by atoms with Crippen LogP contribution in [0.1, 0.15) is 15.9 Å². The third-order valence-corrected chi connectivity index (χ3v) is 8.44. The van der Waals surface area contributed by atoms with Crippen molar-refractivity contribution >= 4 is 41.3 Å². The van der Waals surface area contributed by atoms with Crippen molar-refractivity contribution in [2.75, 3.05) is 33.2 Å². The molecular weight excluding hydrogens is 354 g/mol. The van der Waals surface area contributed by atoms with Crippen molar-refractivity contribution in [2.45, 2.75) is 26.4 Å². The molecule has 4 heterocycles. The summed E-state index contributed by atoms with van der Waals surface area (Å²) in [7, 11) is 2.14. The minimum atomic E-state index is -1.11. The van der Waals surface area contributed by atoms with Gasteiger partial charge >= 0.3 is 5.97 Å². The summed E-state index contributed by atoms with van der Waals surface area (Å²) in [6, 6.07) is 0. The fourth-order valence-electron chi connectivity index (χ4n) is 3.01. The molecule has 0 aliphatic carbocycles. The monoisotopic (exact) mass is 371 g/mol.